The predicted molar refractivity (Wildman–Crippen MR) is 48.6 cm³/mol. The molecule has 0 amide bonds. The summed E-state index contributed by atoms with van der Waals surface area (Å²) in [6.07, 6.45) is -6.75. The van der Waals surface area contributed by atoms with Gasteiger partial charge in [0.1, 0.15) is 18.3 Å². The Morgan fingerprint density at radius 1 is 1.28 bits per heavy atom. The second-order valence-electron chi connectivity index (χ2n) is 3.45. The minimum Gasteiger partial charge on any atom is -0.387 e. The Morgan fingerprint density at radius 2 is 1.83 bits per heavy atom. The summed E-state index contributed by atoms with van der Waals surface area (Å²) in [6.45, 7) is -0.675. The van der Waals surface area contributed by atoms with Crippen LogP contribution in [0.25, 0.3) is 0 Å². The van der Waals surface area contributed by atoms with Crippen molar-refractivity contribution in [3.05, 3.63) is 0 Å². The normalized spacial score (nSPS) is 34.6. The number of hydrogen-bond donors (Lipinski definition) is 2. The lowest BCUT2D eigenvalue weighted by Gasteiger charge is -2.35. The van der Waals surface area contributed by atoms with Crippen molar-refractivity contribution >= 4 is 10.1 Å². The Hall–Kier alpha value is -0.460. The maximum Gasteiger partial charge on any atom is 0.523 e. The molecule has 1 heterocycles. The van der Waals surface area contributed by atoms with Crippen LogP contribution in [0.4, 0.5) is 13.2 Å². The van der Waals surface area contributed by atoms with E-state index in [1.807, 2.05) is 0 Å². The Labute approximate surface area is 100 Å². The summed E-state index contributed by atoms with van der Waals surface area (Å²) in [5, 5.41) is 18.8. The number of hydrogen-bond acceptors (Lipinski definition) is 7. The quantitative estimate of drug-likeness (QED) is 0.506. The van der Waals surface area contributed by atoms with Crippen LogP contribution in [0.1, 0.15) is 0 Å². The van der Waals surface area contributed by atoms with Crippen molar-refractivity contribution in [3.8, 4) is 0 Å². The molecule has 1 rings (SSSR count). The first kappa shape index (κ1) is 15.6. The molecule has 0 saturated carbocycles. The van der Waals surface area contributed by atoms with Crippen LogP contribution in [0.15, 0.2) is 0 Å². The number of rotatable bonds is 3. The van der Waals surface area contributed by atoms with E-state index >= 15 is 0 Å². The van der Waals surface area contributed by atoms with E-state index in [0.717, 1.165) is 7.11 Å². The van der Waals surface area contributed by atoms with E-state index in [-0.39, 0.29) is 0 Å². The summed E-state index contributed by atoms with van der Waals surface area (Å²) >= 11 is 0. The van der Waals surface area contributed by atoms with Crippen LogP contribution in [0.3, 0.4) is 0 Å². The van der Waals surface area contributed by atoms with Crippen LogP contribution in [-0.2, 0) is 23.8 Å². The molecule has 4 atom stereocenters. The summed E-state index contributed by atoms with van der Waals surface area (Å²) in [4.78, 5) is 0. The molecule has 0 aliphatic carbocycles. The smallest absolute Gasteiger partial charge is 0.387 e. The second kappa shape index (κ2) is 5.27. The highest BCUT2D eigenvalue weighted by Gasteiger charge is 2.51. The van der Waals surface area contributed by atoms with E-state index in [1.54, 1.807) is 0 Å². The molecule has 2 N–H and O–H groups in total. The molecule has 0 spiro atoms. The third kappa shape index (κ3) is 3.10. The number of ether oxygens (including phenoxy) is 2. The lowest BCUT2D eigenvalue weighted by Crippen LogP contribution is -2.55. The molecular formula is C7H11F3O7S. The molecule has 0 bridgehead atoms. The first-order chi connectivity index (χ1) is 8.10. The molecular weight excluding hydrogens is 285 g/mol. The molecule has 108 valence electrons. The summed E-state index contributed by atoms with van der Waals surface area (Å²) in [6, 6.07) is 0. The summed E-state index contributed by atoms with van der Waals surface area (Å²) in [7, 11) is -4.74. The van der Waals surface area contributed by atoms with Gasteiger partial charge in [-0.2, -0.15) is 21.6 Å². The molecule has 0 aromatic carbocycles. The van der Waals surface area contributed by atoms with Gasteiger partial charge in [0, 0.05) is 7.11 Å². The van der Waals surface area contributed by atoms with E-state index in [4.69, 9.17) is 4.74 Å². The van der Waals surface area contributed by atoms with Gasteiger partial charge < -0.3 is 19.7 Å². The number of halogens is 3. The molecule has 18 heavy (non-hydrogen) atoms. The Bertz CT molecular complexity index is 381. The maximum absolute atomic E-state index is 12.0. The van der Waals surface area contributed by atoms with Gasteiger partial charge in [0.25, 0.3) is 0 Å². The molecule has 11 heteroatoms. The summed E-state index contributed by atoms with van der Waals surface area (Å²) in [5.74, 6) is 0. The van der Waals surface area contributed by atoms with Crippen molar-refractivity contribution in [1.29, 1.82) is 0 Å². The average molecular weight is 296 g/mol. The van der Waals surface area contributed by atoms with Crippen molar-refractivity contribution in [3.63, 3.8) is 0 Å². The monoisotopic (exact) mass is 296 g/mol. The number of aliphatic hydroxyl groups is 2. The number of alkyl halides is 3. The van der Waals surface area contributed by atoms with Crippen molar-refractivity contribution in [1.82, 2.24) is 0 Å². The first-order valence-corrected chi connectivity index (χ1v) is 6.01. The van der Waals surface area contributed by atoms with Gasteiger partial charge in [-0.05, 0) is 0 Å². The lowest BCUT2D eigenvalue weighted by atomic mass is 10.1. The maximum atomic E-state index is 12.0. The fourth-order valence-corrected chi connectivity index (χ4v) is 1.88. The van der Waals surface area contributed by atoms with Crippen molar-refractivity contribution < 1.29 is 45.5 Å². The van der Waals surface area contributed by atoms with E-state index in [2.05, 4.69) is 8.92 Å². The van der Waals surface area contributed by atoms with Gasteiger partial charge in [-0.25, -0.2) is 0 Å². The highest BCUT2D eigenvalue weighted by Crippen LogP contribution is 2.28. The van der Waals surface area contributed by atoms with Crippen LogP contribution < -0.4 is 0 Å². The highest BCUT2D eigenvalue weighted by atomic mass is 32.2. The van der Waals surface area contributed by atoms with Gasteiger partial charge in [-0.1, -0.05) is 0 Å². The SMILES string of the molecule is CO[C@@H]1OC[C@@H](OS(=O)(=O)C(F)(F)F)[C@H](O)[C@H]1O. The predicted octanol–water partition coefficient (Wildman–Crippen LogP) is -1.05. The topological polar surface area (TPSA) is 102 Å². The van der Waals surface area contributed by atoms with Gasteiger partial charge in [0.2, 0.25) is 0 Å². The molecule has 0 radical (unpaired) electrons. The van der Waals surface area contributed by atoms with Crippen LogP contribution in [0.2, 0.25) is 0 Å². The zero-order valence-electron chi connectivity index (χ0n) is 8.99. The Balaban J connectivity index is 2.76. The third-order valence-corrected chi connectivity index (χ3v) is 3.27. The third-order valence-electron chi connectivity index (χ3n) is 2.20. The molecule has 1 aliphatic heterocycles. The molecule has 0 unspecified atom stereocenters. The zero-order chi connectivity index (χ0) is 14.1. The van der Waals surface area contributed by atoms with Gasteiger partial charge in [0.15, 0.2) is 6.29 Å². The van der Waals surface area contributed by atoms with Gasteiger partial charge in [-0.3, -0.25) is 4.18 Å². The standard InChI is InChI=1S/C7H11F3O7S/c1-15-6-5(12)4(11)3(2-16-6)17-18(13,14)7(8,9)10/h3-6,11-12H,2H2,1H3/t3-,4+,5-,6-/m1/s1. The molecule has 1 saturated heterocycles. The second-order valence-corrected chi connectivity index (χ2v) is 5.02. The highest BCUT2D eigenvalue weighted by molar-refractivity contribution is 7.87. The minimum absolute atomic E-state index is 0.675. The average Bonchev–Trinajstić information content (AvgIpc) is 2.23. The van der Waals surface area contributed by atoms with E-state index in [0.29, 0.717) is 0 Å². The van der Waals surface area contributed by atoms with Gasteiger partial charge in [-0.15, -0.1) is 0 Å². The Morgan fingerprint density at radius 3 is 2.28 bits per heavy atom. The summed E-state index contributed by atoms with van der Waals surface area (Å²) < 4.78 is 70.5. The van der Waals surface area contributed by atoms with Crippen LogP contribution in [0, 0.1) is 0 Å². The van der Waals surface area contributed by atoms with Crippen molar-refractivity contribution in [2.75, 3.05) is 13.7 Å². The minimum atomic E-state index is -5.87. The number of aliphatic hydroxyl groups excluding tert-OH is 2. The fraction of sp³-hybridized carbons (Fsp3) is 1.00. The molecule has 0 aromatic heterocycles. The van der Waals surface area contributed by atoms with Crippen molar-refractivity contribution in [2.24, 2.45) is 0 Å². The van der Waals surface area contributed by atoms with Crippen LogP contribution in [-0.4, -0.2) is 62.5 Å². The fourth-order valence-electron chi connectivity index (χ4n) is 1.28. The van der Waals surface area contributed by atoms with E-state index in [1.165, 1.54) is 0 Å². The number of methoxy groups -OCH3 is 1. The Kier molecular flexibility index (Phi) is 4.56. The first-order valence-electron chi connectivity index (χ1n) is 4.60. The van der Waals surface area contributed by atoms with E-state index in [9.17, 15) is 31.8 Å². The summed E-state index contributed by atoms with van der Waals surface area (Å²) in [5.41, 5.74) is -5.62. The zero-order valence-corrected chi connectivity index (χ0v) is 9.81. The van der Waals surface area contributed by atoms with Crippen LogP contribution >= 0.6 is 0 Å². The van der Waals surface area contributed by atoms with Crippen molar-refractivity contribution in [2.45, 2.75) is 30.1 Å². The van der Waals surface area contributed by atoms with Gasteiger partial charge >= 0.3 is 15.6 Å². The molecule has 1 aliphatic rings. The largest absolute Gasteiger partial charge is 0.523 e. The molecule has 1 fully saturated rings. The molecule has 0 aromatic rings. The van der Waals surface area contributed by atoms with Crippen LogP contribution in [0.5, 0.6) is 0 Å². The molecule has 7 nitrogen and oxygen atoms in total. The lowest BCUT2D eigenvalue weighted by molar-refractivity contribution is -0.258. The van der Waals surface area contributed by atoms with Gasteiger partial charge in [0.05, 0.1) is 6.61 Å². The van der Waals surface area contributed by atoms with E-state index < -0.39 is 46.8 Å².